The van der Waals surface area contributed by atoms with Crippen molar-refractivity contribution in [2.75, 3.05) is 5.32 Å². The molecule has 4 rings (SSSR count). The van der Waals surface area contributed by atoms with Gasteiger partial charge in [0.1, 0.15) is 17.2 Å². The summed E-state index contributed by atoms with van der Waals surface area (Å²) in [7, 11) is 0. The molecule has 9 heteroatoms. The molecule has 1 N–H and O–H groups in total. The summed E-state index contributed by atoms with van der Waals surface area (Å²) in [6.45, 7) is -0.156. The third-order valence-electron chi connectivity index (χ3n) is 4.58. The number of nitrogens with zero attached hydrogens (tertiary/aromatic N) is 4. The molecule has 3 aromatic rings. The molecule has 1 aliphatic carbocycles. The standard InChI is InChI=1S/C18H19N5O2S2/c24-15(19-18-21-20-17(27-18)12-5-2-1-3-6-12)11-23-16(25)9-8-13(22-23)14-7-4-10-26-14/h4,7-10,12H,1-3,5-6,11H2,(H,19,21,24). The quantitative estimate of drug-likeness (QED) is 0.707. The minimum Gasteiger partial charge on any atom is -0.299 e. The molecule has 0 bridgehead atoms. The third-order valence-corrected chi connectivity index (χ3v) is 6.47. The number of aromatic nitrogens is 4. The molecule has 0 aliphatic heterocycles. The van der Waals surface area contributed by atoms with Crippen LogP contribution in [-0.4, -0.2) is 25.9 Å². The molecule has 1 saturated carbocycles. The SMILES string of the molecule is O=C(Cn1nc(-c2cccs2)ccc1=O)Nc1nnc(C2CCCCC2)s1. The summed E-state index contributed by atoms with van der Waals surface area (Å²) in [4.78, 5) is 25.3. The van der Waals surface area contributed by atoms with Gasteiger partial charge in [0.2, 0.25) is 11.0 Å². The van der Waals surface area contributed by atoms with E-state index in [1.54, 1.807) is 6.07 Å². The summed E-state index contributed by atoms with van der Waals surface area (Å²) in [5, 5.41) is 18.8. The number of hydrogen-bond acceptors (Lipinski definition) is 7. The molecular weight excluding hydrogens is 382 g/mol. The molecule has 0 saturated heterocycles. The molecular formula is C18H19N5O2S2. The van der Waals surface area contributed by atoms with E-state index in [9.17, 15) is 9.59 Å². The first-order valence-corrected chi connectivity index (χ1v) is 10.6. The minimum atomic E-state index is -0.334. The second-order valence-electron chi connectivity index (χ2n) is 6.52. The first-order valence-electron chi connectivity index (χ1n) is 8.94. The van der Waals surface area contributed by atoms with Crippen LogP contribution in [0.15, 0.2) is 34.4 Å². The van der Waals surface area contributed by atoms with E-state index in [4.69, 9.17) is 0 Å². The van der Waals surface area contributed by atoms with E-state index in [2.05, 4.69) is 20.6 Å². The van der Waals surface area contributed by atoms with Gasteiger partial charge >= 0.3 is 0 Å². The van der Waals surface area contributed by atoms with Crippen molar-refractivity contribution in [3.8, 4) is 10.6 Å². The largest absolute Gasteiger partial charge is 0.299 e. The first-order chi connectivity index (χ1) is 13.2. The van der Waals surface area contributed by atoms with Gasteiger partial charge in [-0.1, -0.05) is 36.7 Å². The zero-order valence-electron chi connectivity index (χ0n) is 14.6. The fourth-order valence-electron chi connectivity index (χ4n) is 3.21. The molecule has 7 nitrogen and oxygen atoms in total. The van der Waals surface area contributed by atoms with E-state index < -0.39 is 0 Å². The second kappa shape index (κ2) is 8.10. The Morgan fingerprint density at radius 1 is 1.19 bits per heavy atom. The number of carbonyl (C=O) groups excluding carboxylic acids is 1. The number of anilines is 1. The maximum atomic E-state index is 12.3. The molecule has 1 amide bonds. The van der Waals surface area contributed by atoms with Crippen LogP contribution >= 0.6 is 22.7 Å². The normalized spacial score (nSPS) is 15.0. The van der Waals surface area contributed by atoms with E-state index in [1.165, 1.54) is 52.7 Å². The Hall–Kier alpha value is -2.39. The summed E-state index contributed by atoms with van der Waals surface area (Å²) in [5.41, 5.74) is 0.360. The monoisotopic (exact) mass is 401 g/mol. The predicted octanol–water partition coefficient (Wildman–Crippen LogP) is 3.51. The summed E-state index contributed by atoms with van der Waals surface area (Å²) >= 11 is 2.96. The maximum Gasteiger partial charge on any atom is 0.267 e. The molecule has 1 aliphatic rings. The minimum absolute atomic E-state index is 0.156. The highest BCUT2D eigenvalue weighted by Gasteiger charge is 2.20. The lowest BCUT2D eigenvalue weighted by molar-refractivity contribution is -0.117. The molecule has 1 fully saturated rings. The van der Waals surface area contributed by atoms with Gasteiger partial charge in [0.15, 0.2) is 0 Å². The molecule has 3 heterocycles. The Kier molecular flexibility index (Phi) is 5.40. The van der Waals surface area contributed by atoms with Crippen LogP contribution in [0.25, 0.3) is 10.6 Å². The van der Waals surface area contributed by atoms with Crippen molar-refractivity contribution >= 4 is 33.7 Å². The van der Waals surface area contributed by atoms with Gasteiger partial charge in [-0.3, -0.25) is 14.9 Å². The molecule has 140 valence electrons. The number of hydrogen-bond donors (Lipinski definition) is 1. The fraction of sp³-hybridized carbons (Fsp3) is 0.389. The van der Waals surface area contributed by atoms with Crippen molar-refractivity contribution in [3.05, 3.63) is 45.0 Å². The molecule has 27 heavy (non-hydrogen) atoms. The van der Waals surface area contributed by atoms with E-state index in [0.717, 1.165) is 22.7 Å². The highest BCUT2D eigenvalue weighted by molar-refractivity contribution is 7.15. The van der Waals surface area contributed by atoms with Gasteiger partial charge in [-0.15, -0.1) is 21.5 Å². The molecule has 0 spiro atoms. The van der Waals surface area contributed by atoms with Crippen molar-refractivity contribution in [2.24, 2.45) is 0 Å². The lowest BCUT2D eigenvalue weighted by Gasteiger charge is -2.18. The van der Waals surface area contributed by atoms with Crippen LogP contribution < -0.4 is 10.9 Å². The topological polar surface area (TPSA) is 89.8 Å². The third kappa shape index (κ3) is 4.30. The Balaban J connectivity index is 1.43. The van der Waals surface area contributed by atoms with Crippen LogP contribution in [0, 0.1) is 0 Å². The van der Waals surface area contributed by atoms with Crippen LogP contribution in [0.2, 0.25) is 0 Å². The van der Waals surface area contributed by atoms with Gasteiger partial charge < -0.3 is 0 Å². The van der Waals surface area contributed by atoms with Crippen molar-refractivity contribution in [3.63, 3.8) is 0 Å². The van der Waals surface area contributed by atoms with Crippen LogP contribution in [0.4, 0.5) is 5.13 Å². The predicted molar refractivity (Wildman–Crippen MR) is 106 cm³/mol. The van der Waals surface area contributed by atoms with E-state index in [-0.39, 0.29) is 18.0 Å². The van der Waals surface area contributed by atoms with Gasteiger partial charge in [-0.2, -0.15) is 5.10 Å². The van der Waals surface area contributed by atoms with Crippen LogP contribution in [0.3, 0.4) is 0 Å². The average Bonchev–Trinajstić information content (AvgIpc) is 3.36. The lowest BCUT2D eigenvalue weighted by Crippen LogP contribution is -2.29. The first kappa shape index (κ1) is 18.0. The van der Waals surface area contributed by atoms with Gasteiger partial charge in [0.25, 0.3) is 5.56 Å². The van der Waals surface area contributed by atoms with E-state index in [1.807, 2.05) is 17.5 Å². The van der Waals surface area contributed by atoms with Crippen molar-refractivity contribution < 1.29 is 4.79 Å². The molecule has 0 unspecified atom stereocenters. The van der Waals surface area contributed by atoms with Crippen LogP contribution in [-0.2, 0) is 11.3 Å². The number of thiophene rings is 1. The molecule has 0 atom stereocenters. The highest BCUT2D eigenvalue weighted by Crippen LogP contribution is 2.35. The lowest BCUT2D eigenvalue weighted by atomic mass is 9.90. The van der Waals surface area contributed by atoms with Crippen LogP contribution in [0.1, 0.15) is 43.0 Å². The second-order valence-corrected chi connectivity index (χ2v) is 8.48. The van der Waals surface area contributed by atoms with Gasteiger partial charge in [-0.05, 0) is 30.4 Å². The number of rotatable bonds is 5. The van der Waals surface area contributed by atoms with E-state index >= 15 is 0 Å². The van der Waals surface area contributed by atoms with Gasteiger partial charge in [-0.25, -0.2) is 4.68 Å². The number of amides is 1. The molecule has 0 radical (unpaired) electrons. The summed E-state index contributed by atoms with van der Waals surface area (Å²) in [6, 6.07) is 6.95. The number of nitrogens with one attached hydrogen (secondary N) is 1. The average molecular weight is 402 g/mol. The smallest absolute Gasteiger partial charge is 0.267 e. The maximum absolute atomic E-state index is 12.3. The molecule has 3 aromatic heterocycles. The molecule has 0 aromatic carbocycles. The van der Waals surface area contributed by atoms with E-state index in [0.29, 0.717) is 16.7 Å². The summed E-state index contributed by atoms with van der Waals surface area (Å²) < 4.78 is 1.17. The van der Waals surface area contributed by atoms with Gasteiger partial charge in [0.05, 0.1) is 4.88 Å². The Morgan fingerprint density at radius 2 is 2.04 bits per heavy atom. The zero-order valence-corrected chi connectivity index (χ0v) is 16.3. The summed E-state index contributed by atoms with van der Waals surface area (Å²) in [6.07, 6.45) is 6.00. The zero-order chi connectivity index (χ0) is 18.6. The Bertz CT molecular complexity index is 974. The Labute approximate surface area is 164 Å². The summed E-state index contributed by atoms with van der Waals surface area (Å²) in [5.74, 6) is 0.118. The fourth-order valence-corrected chi connectivity index (χ4v) is 4.83. The van der Waals surface area contributed by atoms with Crippen molar-refractivity contribution in [1.29, 1.82) is 0 Å². The number of carbonyl (C=O) groups is 1. The van der Waals surface area contributed by atoms with Gasteiger partial charge in [0, 0.05) is 12.0 Å². The highest BCUT2D eigenvalue weighted by atomic mass is 32.1. The van der Waals surface area contributed by atoms with Crippen molar-refractivity contribution in [2.45, 2.75) is 44.6 Å². The Morgan fingerprint density at radius 3 is 2.81 bits per heavy atom. The van der Waals surface area contributed by atoms with Crippen LogP contribution in [0.5, 0.6) is 0 Å². The van der Waals surface area contributed by atoms with Crippen molar-refractivity contribution in [1.82, 2.24) is 20.0 Å².